The van der Waals surface area contributed by atoms with Crippen LogP contribution in [0.5, 0.6) is 0 Å². The van der Waals surface area contributed by atoms with E-state index in [1.54, 1.807) is 30.3 Å². The van der Waals surface area contributed by atoms with E-state index < -0.39 is 0 Å². The first-order chi connectivity index (χ1) is 10.7. The molecule has 1 aliphatic rings. The molecule has 1 aromatic rings. The zero-order valence-corrected chi connectivity index (χ0v) is 12.7. The third kappa shape index (κ3) is 4.87. The number of aromatic nitrogens is 1. The molecule has 0 bridgehead atoms. The Labute approximate surface area is 130 Å². The predicted molar refractivity (Wildman–Crippen MR) is 83.0 cm³/mol. The molecule has 1 N–H and O–H groups in total. The molecular weight excluding hydrogens is 282 g/mol. The van der Waals surface area contributed by atoms with Crippen LogP contribution in [0.1, 0.15) is 25.3 Å². The maximum atomic E-state index is 11.9. The van der Waals surface area contributed by atoms with E-state index in [4.69, 9.17) is 4.74 Å². The lowest BCUT2D eigenvalue weighted by Crippen LogP contribution is -2.46. The van der Waals surface area contributed by atoms with Crippen molar-refractivity contribution in [3.8, 4) is 0 Å². The average molecular weight is 303 g/mol. The molecular formula is C16H21N3O3. The van der Waals surface area contributed by atoms with Crippen molar-refractivity contribution < 1.29 is 14.3 Å². The van der Waals surface area contributed by atoms with Crippen molar-refractivity contribution in [3.63, 3.8) is 0 Å². The van der Waals surface area contributed by atoms with Crippen molar-refractivity contribution in [1.29, 1.82) is 0 Å². The quantitative estimate of drug-likeness (QED) is 0.861. The first kappa shape index (κ1) is 16.0. The highest BCUT2D eigenvalue weighted by Gasteiger charge is 2.23. The lowest BCUT2D eigenvalue weighted by molar-refractivity contribution is -0.117. The van der Waals surface area contributed by atoms with Gasteiger partial charge in [-0.1, -0.05) is 6.07 Å². The van der Waals surface area contributed by atoms with E-state index in [-0.39, 0.29) is 18.0 Å². The van der Waals surface area contributed by atoms with Crippen LogP contribution in [-0.4, -0.2) is 47.6 Å². The summed E-state index contributed by atoms with van der Waals surface area (Å²) >= 11 is 0. The number of ether oxygens (including phenoxy) is 1. The molecule has 0 unspecified atom stereocenters. The summed E-state index contributed by atoms with van der Waals surface area (Å²) in [6.07, 6.45) is 7.83. The standard InChI is InChI=1S/C16H21N3O3/c1-2-22-16(21)19-10-7-14(8-11-19)18-15(20)6-5-13-4-3-9-17-12-13/h3-6,9,12,14H,2,7-8,10-11H2,1H3,(H,18,20)/b6-5+. The summed E-state index contributed by atoms with van der Waals surface area (Å²) in [5, 5.41) is 2.96. The highest BCUT2D eigenvalue weighted by atomic mass is 16.6. The summed E-state index contributed by atoms with van der Waals surface area (Å²) in [6, 6.07) is 3.80. The number of nitrogens with one attached hydrogen (secondary N) is 1. The largest absolute Gasteiger partial charge is 0.450 e. The summed E-state index contributed by atoms with van der Waals surface area (Å²) < 4.78 is 4.97. The Morgan fingerprint density at radius 1 is 1.45 bits per heavy atom. The summed E-state index contributed by atoms with van der Waals surface area (Å²) in [5.41, 5.74) is 0.884. The van der Waals surface area contributed by atoms with Crippen molar-refractivity contribution in [3.05, 3.63) is 36.2 Å². The second kappa shape index (κ2) is 8.17. The van der Waals surface area contributed by atoms with Gasteiger partial charge in [0.15, 0.2) is 0 Å². The minimum atomic E-state index is -0.274. The van der Waals surface area contributed by atoms with E-state index in [1.165, 1.54) is 6.08 Å². The lowest BCUT2D eigenvalue weighted by atomic mass is 10.1. The van der Waals surface area contributed by atoms with Crippen LogP contribution in [0.2, 0.25) is 0 Å². The zero-order valence-electron chi connectivity index (χ0n) is 12.7. The smallest absolute Gasteiger partial charge is 0.409 e. The highest BCUT2D eigenvalue weighted by Crippen LogP contribution is 2.11. The number of likely N-dealkylation sites (tertiary alicyclic amines) is 1. The topological polar surface area (TPSA) is 71.5 Å². The Kier molecular flexibility index (Phi) is 5.94. The van der Waals surface area contributed by atoms with Crippen molar-refractivity contribution in [2.24, 2.45) is 0 Å². The van der Waals surface area contributed by atoms with Gasteiger partial charge in [0.1, 0.15) is 0 Å². The van der Waals surface area contributed by atoms with Crippen LogP contribution in [-0.2, 0) is 9.53 Å². The number of nitrogens with zero attached hydrogens (tertiary/aromatic N) is 2. The SMILES string of the molecule is CCOC(=O)N1CCC(NC(=O)/C=C/c2cccnc2)CC1. The van der Waals surface area contributed by atoms with Crippen LogP contribution in [0.15, 0.2) is 30.6 Å². The molecule has 6 heteroatoms. The first-order valence-electron chi connectivity index (χ1n) is 7.49. The minimum absolute atomic E-state index is 0.0942. The molecule has 2 amide bonds. The van der Waals surface area contributed by atoms with E-state index >= 15 is 0 Å². The fourth-order valence-electron chi connectivity index (χ4n) is 2.32. The van der Waals surface area contributed by atoms with Gasteiger partial charge in [-0.2, -0.15) is 0 Å². The second-order valence-electron chi connectivity index (χ2n) is 5.09. The van der Waals surface area contributed by atoms with Crippen molar-refractivity contribution in [2.75, 3.05) is 19.7 Å². The third-order valence-corrected chi connectivity index (χ3v) is 3.48. The number of amides is 2. The van der Waals surface area contributed by atoms with E-state index in [0.29, 0.717) is 19.7 Å². The predicted octanol–water partition coefficient (Wildman–Crippen LogP) is 1.83. The van der Waals surface area contributed by atoms with Gasteiger partial charge in [-0.3, -0.25) is 9.78 Å². The number of piperidine rings is 1. The molecule has 1 aromatic heterocycles. The molecule has 0 atom stereocenters. The van der Waals surface area contributed by atoms with Crippen LogP contribution in [0.3, 0.4) is 0 Å². The third-order valence-electron chi connectivity index (χ3n) is 3.48. The van der Waals surface area contributed by atoms with Crippen molar-refractivity contribution in [1.82, 2.24) is 15.2 Å². The Morgan fingerprint density at radius 2 is 2.23 bits per heavy atom. The van der Waals surface area contributed by atoms with Gasteiger partial charge >= 0.3 is 6.09 Å². The van der Waals surface area contributed by atoms with Gasteiger partial charge in [-0.25, -0.2) is 4.79 Å². The van der Waals surface area contributed by atoms with Gasteiger partial charge in [0, 0.05) is 37.6 Å². The Bertz CT molecular complexity index is 523. The van der Waals surface area contributed by atoms with Crippen molar-refractivity contribution in [2.45, 2.75) is 25.8 Å². The Hall–Kier alpha value is -2.37. The molecule has 0 aromatic carbocycles. The molecule has 1 fully saturated rings. The van der Waals surface area contributed by atoms with E-state index in [0.717, 1.165) is 18.4 Å². The van der Waals surface area contributed by atoms with Gasteiger partial charge < -0.3 is 15.0 Å². The highest BCUT2D eigenvalue weighted by molar-refractivity contribution is 5.91. The molecule has 2 rings (SSSR count). The first-order valence-corrected chi connectivity index (χ1v) is 7.49. The normalized spacial score (nSPS) is 15.8. The maximum Gasteiger partial charge on any atom is 0.409 e. The molecule has 0 spiro atoms. The average Bonchev–Trinajstić information content (AvgIpc) is 2.55. The van der Waals surface area contributed by atoms with Gasteiger partial charge in [-0.05, 0) is 37.5 Å². The Balaban J connectivity index is 1.75. The van der Waals surface area contributed by atoms with E-state index in [2.05, 4.69) is 10.3 Å². The fraction of sp³-hybridized carbons (Fsp3) is 0.438. The lowest BCUT2D eigenvalue weighted by Gasteiger charge is -2.31. The molecule has 0 saturated carbocycles. The summed E-state index contributed by atoms with van der Waals surface area (Å²) in [5.74, 6) is -0.126. The van der Waals surface area contributed by atoms with Gasteiger partial charge in [0.2, 0.25) is 5.91 Å². The summed E-state index contributed by atoms with van der Waals surface area (Å²) in [7, 11) is 0. The van der Waals surface area contributed by atoms with Crippen LogP contribution >= 0.6 is 0 Å². The summed E-state index contributed by atoms with van der Waals surface area (Å²) in [6.45, 7) is 3.39. The minimum Gasteiger partial charge on any atom is -0.450 e. The number of pyridine rings is 1. The van der Waals surface area contributed by atoms with Gasteiger partial charge in [-0.15, -0.1) is 0 Å². The number of hydrogen-bond acceptors (Lipinski definition) is 4. The van der Waals surface area contributed by atoms with Crippen molar-refractivity contribution >= 4 is 18.1 Å². The molecule has 1 aliphatic heterocycles. The second-order valence-corrected chi connectivity index (χ2v) is 5.09. The Morgan fingerprint density at radius 3 is 2.86 bits per heavy atom. The van der Waals surface area contributed by atoms with E-state index in [1.807, 2.05) is 12.1 Å². The van der Waals surface area contributed by atoms with Crippen LogP contribution in [0.25, 0.3) is 6.08 Å². The zero-order chi connectivity index (χ0) is 15.8. The molecule has 1 saturated heterocycles. The molecule has 0 aliphatic carbocycles. The summed E-state index contributed by atoms with van der Waals surface area (Å²) in [4.78, 5) is 29.1. The number of carbonyl (C=O) groups is 2. The monoisotopic (exact) mass is 303 g/mol. The van der Waals surface area contributed by atoms with Crippen LogP contribution < -0.4 is 5.32 Å². The number of hydrogen-bond donors (Lipinski definition) is 1. The maximum absolute atomic E-state index is 11.9. The molecule has 2 heterocycles. The van der Waals surface area contributed by atoms with Gasteiger partial charge in [0.05, 0.1) is 6.61 Å². The molecule has 118 valence electrons. The van der Waals surface area contributed by atoms with Gasteiger partial charge in [0.25, 0.3) is 0 Å². The molecule has 22 heavy (non-hydrogen) atoms. The number of rotatable bonds is 4. The molecule has 6 nitrogen and oxygen atoms in total. The molecule has 0 radical (unpaired) electrons. The fourth-order valence-corrected chi connectivity index (χ4v) is 2.32. The number of carbonyl (C=O) groups excluding carboxylic acids is 2. The van der Waals surface area contributed by atoms with Crippen LogP contribution in [0, 0.1) is 0 Å². The van der Waals surface area contributed by atoms with Crippen LogP contribution in [0.4, 0.5) is 4.79 Å². The van der Waals surface area contributed by atoms with E-state index in [9.17, 15) is 9.59 Å².